The Hall–Kier alpha value is -2.14. The number of para-hydroxylation sites is 1. The van der Waals surface area contributed by atoms with E-state index >= 15 is 0 Å². The number of benzene rings is 1. The summed E-state index contributed by atoms with van der Waals surface area (Å²) < 4.78 is 5.37. The van der Waals surface area contributed by atoms with Crippen molar-refractivity contribution < 1.29 is 34.6 Å². The minimum atomic E-state index is -1.37. The standard InChI is InChI=1S/C19H27BN2O7/c23-9-8-21-13-4-6-19(27,7-5-13)11-16(24)22-15-10-12-2-1-3-14(18(25)26)17(12)29-20(15)28/h1-3,13,15,21,23,27-28H,4-11H2,(H,22,24)(H,25,26)/t13?,15-,19?/m0/s1. The summed E-state index contributed by atoms with van der Waals surface area (Å²) >= 11 is 0. The number of amides is 1. The Balaban J connectivity index is 1.56. The maximum Gasteiger partial charge on any atom is 0.547 e. The van der Waals surface area contributed by atoms with E-state index < -0.39 is 24.6 Å². The lowest BCUT2D eigenvalue weighted by Gasteiger charge is -2.36. The van der Waals surface area contributed by atoms with E-state index in [1.54, 1.807) is 12.1 Å². The number of aliphatic hydroxyl groups excluding tert-OH is 1. The summed E-state index contributed by atoms with van der Waals surface area (Å²) in [6.07, 6.45) is 2.52. The van der Waals surface area contributed by atoms with Gasteiger partial charge in [-0.2, -0.15) is 0 Å². The van der Waals surface area contributed by atoms with Crippen LogP contribution in [0, 0.1) is 0 Å². The third kappa shape index (κ3) is 5.27. The summed E-state index contributed by atoms with van der Waals surface area (Å²) in [6.45, 7) is 0.570. The molecule has 1 saturated carbocycles. The second-order valence-electron chi connectivity index (χ2n) is 7.84. The van der Waals surface area contributed by atoms with Crippen LogP contribution in [0.15, 0.2) is 18.2 Å². The summed E-state index contributed by atoms with van der Waals surface area (Å²) in [5.41, 5.74) is -0.544. The Morgan fingerprint density at radius 1 is 1.28 bits per heavy atom. The number of carboxylic acid groups (broad SMARTS) is 1. The van der Waals surface area contributed by atoms with Crippen molar-refractivity contribution in [1.82, 2.24) is 10.6 Å². The second-order valence-corrected chi connectivity index (χ2v) is 7.84. The van der Waals surface area contributed by atoms with Crippen molar-refractivity contribution in [2.45, 2.75) is 56.1 Å². The minimum absolute atomic E-state index is 0.0350. The first kappa shape index (κ1) is 21.6. The molecule has 1 fully saturated rings. The van der Waals surface area contributed by atoms with Gasteiger partial charge < -0.3 is 35.6 Å². The summed E-state index contributed by atoms with van der Waals surface area (Å²) in [5.74, 6) is -2.15. The van der Waals surface area contributed by atoms with Crippen molar-refractivity contribution >= 4 is 19.0 Å². The van der Waals surface area contributed by atoms with Gasteiger partial charge in [-0.3, -0.25) is 4.79 Å². The predicted molar refractivity (Wildman–Crippen MR) is 105 cm³/mol. The van der Waals surface area contributed by atoms with Crippen LogP contribution in [-0.2, 0) is 11.2 Å². The normalized spacial score (nSPS) is 26.4. The molecular formula is C19H27BN2O7. The third-order valence-electron chi connectivity index (χ3n) is 5.65. The zero-order valence-corrected chi connectivity index (χ0v) is 16.1. The number of hydrogen-bond donors (Lipinski definition) is 6. The monoisotopic (exact) mass is 406 g/mol. The summed E-state index contributed by atoms with van der Waals surface area (Å²) in [4.78, 5) is 23.8. The molecule has 2 aliphatic rings. The van der Waals surface area contributed by atoms with Gasteiger partial charge in [0.1, 0.15) is 5.75 Å². The van der Waals surface area contributed by atoms with E-state index in [0.29, 0.717) is 37.8 Å². The second kappa shape index (κ2) is 9.12. The average molecular weight is 406 g/mol. The molecule has 1 heterocycles. The summed E-state index contributed by atoms with van der Waals surface area (Å²) in [5, 5.41) is 45.0. The number of aliphatic hydroxyl groups is 2. The lowest BCUT2D eigenvalue weighted by molar-refractivity contribution is -0.128. The molecule has 1 aliphatic carbocycles. The van der Waals surface area contributed by atoms with Gasteiger partial charge in [-0.1, -0.05) is 12.1 Å². The van der Waals surface area contributed by atoms with Gasteiger partial charge in [0.05, 0.1) is 30.1 Å². The van der Waals surface area contributed by atoms with E-state index in [0.717, 1.165) is 0 Å². The molecule has 0 saturated heterocycles. The number of carboxylic acids is 1. The lowest BCUT2D eigenvalue weighted by Crippen LogP contribution is -2.54. The highest BCUT2D eigenvalue weighted by atomic mass is 16.5. The summed E-state index contributed by atoms with van der Waals surface area (Å²) in [7, 11) is -1.37. The number of hydrogen-bond acceptors (Lipinski definition) is 7. The first-order valence-corrected chi connectivity index (χ1v) is 9.87. The molecular weight excluding hydrogens is 379 g/mol. The van der Waals surface area contributed by atoms with Gasteiger partial charge in [0.2, 0.25) is 5.91 Å². The van der Waals surface area contributed by atoms with Crippen LogP contribution in [0.3, 0.4) is 0 Å². The van der Waals surface area contributed by atoms with Crippen molar-refractivity contribution in [3.8, 4) is 5.75 Å². The first-order valence-electron chi connectivity index (χ1n) is 9.87. The molecule has 29 heavy (non-hydrogen) atoms. The Labute approximate surface area is 169 Å². The van der Waals surface area contributed by atoms with Gasteiger partial charge in [0.15, 0.2) is 0 Å². The van der Waals surface area contributed by atoms with Crippen LogP contribution < -0.4 is 15.3 Å². The van der Waals surface area contributed by atoms with E-state index in [4.69, 9.17) is 9.76 Å². The Morgan fingerprint density at radius 3 is 2.66 bits per heavy atom. The van der Waals surface area contributed by atoms with E-state index in [2.05, 4.69) is 10.6 Å². The van der Waals surface area contributed by atoms with Crippen molar-refractivity contribution in [3.63, 3.8) is 0 Å². The molecule has 1 atom stereocenters. The van der Waals surface area contributed by atoms with Crippen LogP contribution in [-0.4, -0.2) is 70.1 Å². The SMILES string of the molecule is O=C(CC1(O)CCC(NCCO)CC1)N[C@H]1Cc2cccc(C(=O)O)c2OB1O. The highest BCUT2D eigenvalue weighted by molar-refractivity contribution is 6.47. The van der Waals surface area contributed by atoms with E-state index in [1.807, 2.05) is 0 Å². The number of nitrogens with one attached hydrogen (secondary N) is 2. The van der Waals surface area contributed by atoms with Gasteiger partial charge in [0.25, 0.3) is 0 Å². The number of carbonyl (C=O) groups excluding carboxylic acids is 1. The Bertz CT molecular complexity index is 752. The fourth-order valence-corrected chi connectivity index (χ4v) is 4.08. The van der Waals surface area contributed by atoms with E-state index in [1.165, 1.54) is 6.07 Å². The molecule has 0 radical (unpaired) electrons. The van der Waals surface area contributed by atoms with Gasteiger partial charge in [0, 0.05) is 12.6 Å². The molecule has 3 rings (SSSR count). The van der Waals surface area contributed by atoms with Crippen LogP contribution >= 0.6 is 0 Å². The van der Waals surface area contributed by atoms with Crippen molar-refractivity contribution in [1.29, 1.82) is 0 Å². The van der Waals surface area contributed by atoms with Gasteiger partial charge in [-0.15, -0.1) is 0 Å². The number of carbonyl (C=O) groups is 2. The Kier molecular flexibility index (Phi) is 6.79. The Morgan fingerprint density at radius 2 is 2.00 bits per heavy atom. The molecule has 158 valence electrons. The molecule has 0 unspecified atom stereocenters. The maximum atomic E-state index is 12.5. The maximum absolute atomic E-state index is 12.5. The van der Waals surface area contributed by atoms with Gasteiger partial charge in [-0.25, -0.2) is 4.79 Å². The molecule has 1 amide bonds. The number of aromatic carboxylic acids is 1. The fourth-order valence-electron chi connectivity index (χ4n) is 4.08. The quantitative estimate of drug-likeness (QED) is 0.331. The number of rotatable bonds is 7. The molecule has 1 aliphatic heterocycles. The van der Waals surface area contributed by atoms with Crippen LogP contribution in [0.2, 0.25) is 0 Å². The van der Waals surface area contributed by atoms with E-state index in [-0.39, 0.29) is 42.7 Å². The zero-order chi connectivity index (χ0) is 21.0. The largest absolute Gasteiger partial charge is 0.547 e. The fraction of sp³-hybridized carbons (Fsp3) is 0.579. The molecule has 0 spiro atoms. The van der Waals surface area contributed by atoms with Gasteiger partial charge in [-0.05, 0) is 43.7 Å². The van der Waals surface area contributed by atoms with E-state index in [9.17, 15) is 24.8 Å². The van der Waals surface area contributed by atoms with Crippen molar-refractivity contribution in [2.75, 3.05) is 13.2 Å². The van der Waals surface area contributed by atoms with Crippen LogP contribution in [0.5, 0.6) is 5.75 Å². The van der Waals surface area contributed by atoms with Crippen molar-refractivity contribution in [2.24, 2.45) is 0 Å². The van der Waals surface area contributed by atoms with Crippen LogP contribution in [0.4, 0.5) is 0 Å². The summed E-state index contributed by atoms with van der Waals surface area (Å²) in [6, 6.07) is 4.91. The van der Waals surface area contributed by atoms with Crippen LogP contribution in [0.1, 0.15) is 48.0 Å². The van der Waals surface area contributed by atoms with Crippen LogP contribution in [0.25, 0.3) is 0 Å². The topological polar surface area (TPSA) is 148 Å². The molecule has 10 heteroatoms. The molecule has 1 aromatic rings. The van der Waals surface area contributed by atoms with Crippen molar-refractivity contribution in [3.05, 3.63) is 29.3 Å². The molecule has 0 aromatic heterocycles. The number of fused-ring (bicyclic) bond motifs is 1. The minimum Gasteiger partial charge on any atom is -0.534 e. The zero-order valence-electron chi connectivity index (χ0n) is 16.1. The average Bonchev–Trinajstić information content (AvgIpc) is 2.67. The predicted octanol–water partition coefficient (Wildman–Crippen LogP) is -0.530. The molecule has 1 aromatic carbocycles. The molecule has 0 bridgehead atoms. The highest BCUT2D eigenvalue weighted by Crippen LogP contribution is 2.32. The lowest BCUT2D eigenvalue weighted by atomic mass is 9.72. The highest BCUT2D eigenvalue weighted by Gasteiger charge is 2.40. The molecule has 6 N–H and O–H groups in total. The first-order chi connectivity index (χ1) is 13.8. The third-order valence-corrected chi connectivity index (χ3v) is 5.65. The molecule has 9 nitrogen and oxygen atoms in total. The smallest absolute Gasteiger partial charge is 0.534 e. The van der Waals surface area contributed by atoms with Gasteiger partial charge >= 0.3 is 13.1 Å².